The van der Waals surface area contributed by atoms with Crippen molar-refractivity contribution >= 4 is 11.6 Å². The number of nitrogens with zero attached hydrogens (tertiary/aromatic N) is 3. The largest absolute Gasteiger partial charge is 0.344 e. The van der Waals surface area contributed by atoms with Crippen LogP contribution in [0, 0.1) is 28.7 Å². The van der Waals surface area contributed by atoms with E-state index >= 15 is 0 Å². The van der Waals surface area contributed by atoms with Gasteiger partial charge in [-0.05, 0) is 6.07 Å². The van der Waals surface area contributed by atoms with Gasteiger partial charge in [0.15, 0.2) is 17.5 Å². The van der Waals surface area contributed by atoms with Gasteiger partial charge in [-0.1, -0.05) is 5.16 Å². The highest BCUT2D eigenvalue weighted by Crippen LogP contribution is 2.22. The van der Waals surface area contributed by atoms with Gasteiger partial charge in [0.05, 0.1) is 17.5 Å². The van der Waals surface area contributed by atoms with Crippen LogP contribution in [0.1, 0.15) is 22.1 Å². The molecule has 2 aromatic rings. The first-order valence-corrected chi connectivity index (χ1v) is 5.59. The van der Waals surface area contributed by atoms with E-state index in [1.807, 2.05) is 0 Å². The first kappa shape index (κ1) is 14.5. The Kier molecular flexibility index (Phi) is 3.87. The molecular formula is C11H8F2N4O4. The summed E-state index contributed by atoms with van der Waals surface area (Å²) in [6.45, 7) is 1.37. The number of hydrogen-bond donors (Lipinski definition) is 1. The molecule has 0 fully saturated rings. The molecule has 0 radical (unpaired) electrons. The Bertz CT molecular complexity index is 716. The van der Waals surface area contributed by atoms with Gasteiger partial charge in [0.1, 0.15) is 5.56 Å². The molecule has 0 spiro atoms. The molecule has 110 valence electrons. The highest BCUT2D eigenvalue weighted by atomic mass is 19.2. The number of aryl methyl sites for hydroxylation is 1. The number of benzene rings is 1. The van der Waals surface area contributed by atoms with Crippen molar-refractivity contribution in [2.45, 2.75) is 13.5 Å². The number of carbonyl (C=O) groups excluding carboxylic acids is 1. The number of carbonyl (C=O) groups is 1. The fourth-order valence-corrected chi connectivity index (χ4v) is 1.54. The third-order valence-corrected chi connectivity index (χ3v) is 2.46. The number of hydrogen-bond acceptors (Lipinski definition) is 6. The Morgan fingerprint density at radius 2 is 2.10 bits per heavy atom. The Balaban J connectivity index is 2.22. The van der Waals surface area contributed by atoms with Gasteiger partial charge in [0.2, 0.25) is 5.89 Å². The zero-order valence-electron chi connectivity index (χ0n) is 10.6. The number of nitro benzene ring substituents is 1. The third kappa shape index (κ3) is 3.16. The summed E-state index contributed by atoms with van der Waals surface area (Å²) >= 11 is 0. The van der Waals surface area contributed by atoms with Crippen molar-refractivity contribution < 1.29 is 23.0 Å². The van der Waals surface area contributed by atoms with Gasteiger partial charge in [-0.25, -0.2) is 8.78 Å². The molecule has 0 aliphatic heterocycles. The molecule has 10 heteroatoms. The van der Waals surface area contributed by atoms with Crippen LogP contribution in [0.25, 0.3) is 0 Å². The molecule has 1 N–H and O–H groups in total. The normalized spacial score (nSPS) is 10.4. The van der Waals surface area contributed by atoms with Gasteiger partial charge in [-0.3, -0.25) is 14.9 Å². The maximum atomic E-state index is 13.1. The summed E-state index contributed by atoms with van der Waals surface area (Å²) < 4.78 is 30.8. The molecule has 1 amide bonds. The molecule has 1 aromatic heterocycles. The van der Waals surface area contributed by atoms with Crippen LogP contribution >= 0.6 is 0 Å². The summed E-state index contributed by atoms with van der Waals surface area (Å²) in [7, 11) is 0. The van der Waals surface area contributed by atoms with E-state index in [9.17, 15) is 23.7 Å². The molecule has 0 unspecified atom stereocenters. The van der Waals surface area contributed by atoms with Gasteiger partial charge in [-0.2, -0.15) is 4.98 Å². The molecular weight excluding hydrogens is 290 g/mol. The van der Waals surface area contributed by atoms with Crippen molar-refractivity contribution in [1.82, 2.24) is 15.5 Å². The first-order valence-electron chi connectivity index (χ1n) is 5.59. The summed E-state index contributed by atoms with van der Waals surface area (Å²) in [5.41, 5.74) is -1.44. The SMILES string of the molecule is Cc1nc(CNC(=O)c2cc(F)c(F)cc2[N+](=O)[O-])no1. The van der Waals surface area contributed by atoms with Gasteiger partial charge < -0.3 is 9.84 Å². The zero-order valence-corrected chi connectivity index (χ0v) is 10.6. The third-order valence-electron chi connectivity index (χ3n) is 2.46. The summed E-state index contributed by atoms with van der Waals surface area (Å²) in [6.07, 6.45) is 0. The van der Waals surface area contributed by atoms with Crippen LogP contribution in [0.2, 0.25) is 0 Å². The second kappa shape index (κ2) is 5.61. The van der Waals surface area contributed by atoms with Crippen molar-refractivity contribution in [1.29, 1.82) is 0 Å². The molecule has 0 bridgehead atoms. The molecule has 2 rings (SSSR count). The van der Waals surface area contributed by atoms with Crippen LogP contribution in [-0.4, -0.2) is 21.0 Å². The Hall–Kier alpha value is -2.91. The average Bonchev–Trinajstić information content (AvgIpc) is 2.84. The predicted molar refractivity (Wildman–Crippen MR) is 63.2 cm³/mol. The van der Waals surface area contributed by atoms with Gasteiger partial charge in [0, 0.05) is 6.92 Å². The van der Waals surface area contributed by atoms with Crippen LogP contribution in [0.3, 0.4) is 0 Å². The Morgan fingerprint density at radius 3 is 2.67 bits per heavy atom. The van der Waals surface area contributed by atoms with E-state index in [1.54, 1.807) is 6.92 Å². The molecule has 21 heavy (non-hydrogen) atoms. The Labute approximate surface area is 115 Å². The zero-order chi connectivity index (χ0) is 15.6. The van der Waals surface area contributed by atoms with Crippen LogP contribution in [0.4, 0.5) is 14.5 Å². The summed E-state index contributed by atoms with van der Waals surface area (Å²) in [5, 5.41) is 16.5. The summed E-state index contributed by atoms with van der Waals surface area (Å²) in [4.78, 5) is 25.4. The minimum Gasteiger partial charge on any atom is -0.344 e. The summed E-state index contributed by atoms with van der Waals surface area (Å²) in [6, 6.07) is 0.813. The molecule has 0 aliphatic rings. The van der Waals surface area contributed by atoms with Gasteiger partial charge >= 0.3 is 0 Å². The fourth-order valence-electron chi connectivity index (χ4n) is 1.54. The quantitative estimate of drug-likeness (QED) is 0.676. The van der Waals surface area contributed by atoms with E-state index < -0.39 is 33.7 Å². The minimum absolute atomic E-state index is 0.145. The van der Waals surface area contributed by atoms with Crippen molar-refractivity contribution in [3.8, 4) is 0 Å². The van der Waals surface area contributed by atoms with E-state index in [0.29, 0.717) is 12.1 Å². The highest BCUT2D eigenvalue weighted by molar-refractivity contribution is 5.98. The fraction of sp³-hybridized carbons (Fsp3) is 0.182. The lowest BCUT2D eigenvalue weighted by atomic mass is 10.1. The molecule has 0 aliphatic carbocycles. The van der Waals surface area contributed by atoms with Crippen LogP contribution in [-0.2, 0) is 6.54 Å². The van der Waals surface area contributed by atoms with Gasteiger partial charge in [-0.15, -0.1) is 0 Å². The highest BCUT2D eigenvalue weighted by Gasteiger charge is 2.24. The molecule has 1 aromatic carbocycles. The molecule has 1 heterocycles. The number of halogens is 2. The van der Waals surface area contributed by atoms with E-state index in [0.717, 1.165) is 0 Å². The topological polar surface area (TPSA) is 111 Å². The van der Waals surface area contributed by atoms with Crippen molar-refractivity contribution in [3.63, 3.8) is 0 Å². The number of rotatable bonds is 4. The predicted octanol–water partition coefficient (Wildman–Crippen LogP) is 1.49. The molecule has 0 atom stereocenters. The van der Waals surface area contributed by atoms with E-state index in [-0.39, 0.29) is 18.3 Å². The molecule has 8 nitrogen and oxygen atoms in total. The van der Waals surface area contributed by atoms with Crippen molar-refractivity contribution in [2.24, 2.45) is 0 Å². The molecule has 0 saturated heterocycles. The smallest absolute Gasteiger partial charge is 0.285 e. The lowest BCUT2D eigenvalue weighted by Crippen LogP contribution is -2.24. The second-order valence-electron chi connectivity index (χ2n) is 3.95. The summed E-state index contributed by atoms with van der Waals surface area (Å²) in [5.74, 6) is -3.31. The number of aromatic nitrogens is 2. The number of nitrogens with one attached hydrogen (secondary N) is 1. The van der Waals surface area contributed by atoms with Gasteiger partial charge in [0.25, 0.3) is 11.6 Å². The first-order chi connectivity index (χ1) is 9.88. The van der Waals surface area contributed by atoms with E-state index in [1.165, 1.54) is 0 Å². The minimum atomic E-state index is -1.41. The average molecular weight is 298 g/mol. The van der Waals surface area contributed by atoms with E-state index in [4.69, 9.17) is 0 Å². The lowest BCUT2D eigenvalue weighted by Gasteiger charge is -2.04. The van der Waals surface area contributed by atoms with Crippen molar-refractivity contribution in [2.75, 3.05) is 0 Å². The monoisotopic (exact) mass is 298 g/mol. The number of nitro groups is 1. The van der Waals surface area contributed by atoms with Crippen LogP contribution in [0.5, 0.6) is 0 Å². The standard InChI is InChI=1S/C11H8F2N4O4/c1-5-15-10(16-21-5)4-14-11(18)6-2-7(12)8(13)3-9(6)17(19)20/h2-3H,4H2,1H3,(H,14,18). The maximum Gasteiger partial charge on any atom is 0.285 e. The van der Waals surface area contributed by atoms with Crippen LogP contribution < -0.4 is 5.32 Å². The maximum absolute atomic E-state index is 13.1. The van der Waals surface area contributed by atoms with Crippen LogP contribution in [0.15, 0.2) is 16.7 Å². The lowest BCUT2D eigenvalue weighted by molar-refractivity contribution is -0.385. The van der Waals surface area contributed by atoms with Crippen molar-refractivity contribution in [3.05, 3.63) is 51.2 Å². The second-order valence-corrected chi connectivity index (χ2v) is 3.95. The molecule has 0 saturated carbocycles. The number of amides is 1. The van der Waals surface area contributed by atoms with E-state index in [2.05, 4.69) is 20.0 Å². The Morgan fingerprint density at radius 1 is 1.43 bits per heavy atom.